The Morgan fingerprint density at radius 3 is 2.48 bits per heavy atom. The second-order valence-electron chi connectivity index (χ2n) is 6.69. The molecule has 0 aromatic heterocycles. The molecule has 0 heterocycles. The van der Waals surface area contributed by atoms with Crippen LogP contribution in [0.25, 0.3) is 0 Å². The van der Waals surface area contributed by atoms with Gasteiger partial charge in [0.2, 0.25) is 0 Å². The summed E-state index contributed by atoms with van der Waals surface area (Å²) in [6.07, 6.45) is 3.46. The Balaban J connectivity index is 2.19. The molecule has 1 aromatic carbocycles. The molecule has 21 heavy (non-hydrogen) atoms. The summed E-state index contributed by atoms with van der Waals surface area (Å²) in [6, 6.07) is 8.58. The second-order valence-corrected chi connectivity index (χ2v) is 8.30. The van der Waals surface area contributed by atoms with Crippen LogP contribution in [-0.4, -0.2) is 22.0 Å². The molecule has 1 N–H and O–H groups in total. The smallest absolute Gasteiger partial charge is 0.0579 e. The van der Waals surface area contributed by atoms with Crippen molar-refractivity contribution in [3.05, 3.63) is 29.8 Å². The Hall–Kier alpha value is -0.670. The fourth-order valence-corrected chi connectivity index (χ4v) is 5.31. The summed E-state index contributed by atoms with van der Waals surface area (Å²) in [5, 5.41) is 3.88. The predicted octanol–water partition coefficient (Wildman–Crippen LogP) is 3.91. The molecule has 2 rings (SSSR count). The minimum absolute atomic E-state index is 0.232. The summed E-state index contributed by atoms with van der Waals surface area (Å²) in [5.41, 5.74) is 1.22. The zero-order chi connectivity index (χ0) is 15.4. The number of benzene rings is 1. The molecule has 1 fully saturated rings. The third-order valence-electron chi connectivity index (χ3n) is 4.54. The van der Waals surface area contributed by atoms with Crippen LogP contribution in [0.5, 0.6) is 0 Å². The van der Waals surface area contributed by atoms with Crippen molar-refractivity contribution in [2.75, 3.05) is 6.54 Å². The molecular formula is C18H29NOS. The van der Waals surface area contributed by atoms with E-state index in [1.54, 1.807) is 0 Å². The summed E-state index contributed by atoms with van der Waals surface area (Å²) in [6.45, 7) is 9.87. The number of hydrogen-bond acceptors (Lipinski definition) is 2. The zero-order valence-corrected chi connectivity index (χ0v) is 14.6. The summed E-state index contributed by atoms with van der Waals surface area (Å²) < 4.78 is 13.1. The third kappa shape index (κ3) is 4.17. The molecule has 0 spiro atoms. The van der Waals surface area contributed by atoms with Crippen molar-refractivity contribution in [2.45, 2.75) is 63.1 Å². The van der Waals surface area contributed by atoms with Crippen molar-refractivity contribution in [2.24, 2.45) is 11.8 Å². The van der Waals surface area contributed by atoms with E-state index in [4.69, 9.17) is 0 Å². The highest BCUT2D eigenvalue weighted by Gasteiger charge is 2.37. The van der Waals surface area contributed by atoms with Gasteiger partial charge < -0.3 is 5.32 Å². The second kappa shape index (κ2) is 7.55. The summed E-state index contributed by atoms with van der Waals surface area (Å²) in [7, 11) is -0.919. The van der Waals surface area contributed by atoms with Crippen molar-refractivity contribution < 1.29 is 4.21 Å². The van der Waals surface area contributed by atoms with Crippen molar-refractivity contribution >= 4 is 10.8 Å². The molecule has 0 saturated heterocycles. The van der Waals surface area contributed by atoms with Crippen LogP contribution in [0, 0.1) is 18.8 Å². The number of aryl methyl sites for hydroxylation is 1. The Morgan fingerprint density at radius 2 is 1.86 bits per heavy atom. The van der Waals surface area contributed by atoms with Gasteiger partial charge in [0.1, 0.15) is 0 Å². The van der Waals surface area contributed by atoms with Gasteiger partial charge in [-0.3, -0.25) is 4.21 Å². The van der Waals surface area contributed by atoms with Gasteiger partial charge in [0, 0.05) is 10.9 Å². The molecule has 1 aliphatic rings. The van der Waals surface area contributed by atoms with Gasteiger partial charge in [0.05, 0.1) is 16.0 Å². The van der Waals surface area contributed by atoms with Gasteiger partial charge in [-0.15, -0.1) is 0 Å². The van der Waals surface area contributed by atoms with Crippen molar-refractivity contribution in [3.8, 4) is 0 Å². The maximum atomic E-state index is 13.1. The Kier molecular flexibility index (Phi) is 6.00. The first-order chi connectivity index (χ1) is 10.0. The van der Waals surface area contributed by atoms with E-state index >= 15 is 0 Å². The lowest BCUT2D eigenvalue weighted by Crippen LogP contribution is -2.50. The Bertz CT molecular complexity index is 471. The fourth-order valence-electron chi connectivity index (χ4n) is 3.55. The largest absolute Gasteiger partial charge is 0.313 e. The topological polar surface area (TPSA) is 29.1 Å². The van der Waals surface area contributed by atoms with E-state index in [2.05, 4.69) is 45.1 Å². The lowest BCUT2D eigenvalue weighted by Gasteiger charge is -2.39. The molecular weight excluding hydrogens is 278 g/mol. The van der Waals surface area contributed by atoms with Crippen LogP contribution < -0.4 is 5.32 Å². The monoisotopic (exact) mass is 307 g/mol. The Morgan fingerprint density at radius 1 is 1.19 bits per heavy atom. The van der Waals surface area contributed by atoms with E-state index in [1.807, 2.05) is 12.1 Å². The Labute approximate surface area is 132 Å². The van der Waals surface area contributed by atoms with Crippen molar-refractivity contribution in [1.29, 1.82) is 0 Å². The van der Waals surface area contributed by atoms with Gasteiger partial charge in [-0.25, -0.2) is 0 Å². The first kappa shape index (κ1) is 16.7. The van der Waals surface area contributed by atoms with Gasteiger partial charge in [-0.1, -0.05) is 38.5 Å². The van der Waals surface area contributed by atoms with E-state index in [0.29, 0.717) is 12.0 Å². The van der Waals surface area contributed by atoms with E-state index in [0.717, 1.165) is 30.2 Å². The average Bonchev–Trinajstić information content (AvgIpc) is 2.44. The number of rotatable bonds is 5. The molecule has 0 amide bonds. The van der Waals surface area contributed by atoms with Crippen molar-refractivity contribution in [3.63, 3.8) is 0 Å². The molecule has 0 bridgehead atoms. The lowest BCUT2D eigenvalue weighted by atomic mass is 9.80. The van der Waals surface area contributed by atoms with Crippen LogP contribution in [0.3, 0.4) is 0 Å². The average molecular weight is 308 g/mol. The van der Waals surface area contributed by atoms with Crippen LogP contribution in [0.15, 0.2) is 29.2 Å². The fraction of sp³-hybridized carbons (Fsp3) is 0.667. The maximum absolute atomic E-state index is 13.1. The van der Waals surface area contributed by atoms with Gasteiger partial charge in [-0.2, -0.15) is 0 Å². The first-order valence-electron chi connectivity index (χ1n) is 8.23. The molecule has 5 atom stereocenters. The maximum Gasteiger partial charge on any atom is 0.0579 e. The van der Waals surface area contributed by atoms with E-state index in [1.165, 1.54) is 12.0 Å². The predicted molar refractivity (Wildman–Crippen MR) is 91.0 cm³/mol. The molecule has 3 heteroatoms. The highest BCUT2D eigenvalue weighted by Crippen LogP contribution is 2.34. The van der Waals surface area contributed by atoms with E-state index in [9.17, 15) is 4.21 Å². The number of nitrogens with one attached hydrogen (secondary N) is 1. The van der Waals surface area contributed by atoms with Crippen LogP contribution in [0.4, 0.5) is 0 Å². The highest BCUT2D eigenvalue weighted by molar-refractivity contribution is 7.85. The highest BCUT2D eigenvalue weighted by atomic mass is 32.2. The standard InChI is InChI=1S/C18H29NOS/c1-5-10-19-17-12-14(3)11-15(4)18(17)21(20)16-8-6-13(2)7-9-16/h6-9,14-15,17-19H,5,10-12H2,1-4H3. The molecule has 0 radical (unpaired) electrons. The molecule has 118 valence electrons. The van der Waals surface area contributed by atoms with Gasteiger partial charge >= 0.3 is 0 Å². The minimum atomic E-state index is -0.919. The first-order valence-corrected chi connectivity index (χ1v) is 9.44. The molecule has 2 nitrogen and oxygen atoms in total. The third-order valence-corrected chi connectivity index (χ3v) is 6.57. The van der Waals surface area contributed by atoms with E-state index < -0.39 is 10.8 Å². The number of hydrogen-bond donors (Lipinski definition) is 1. The minimum Gasteiger partial charge on any atom is -0.313 e. The van der Waals surface area contributed by atoms with Crippen LogP contribution in [0.1, 0.15) is 45.6 Å². The SMILES string of the molecule is CCCNC1CC(C)CC(C)C1S(=O)c1ccc(C)cc1. The summed E-state index contributed by atoms with van der Waals surface area (Å²) in [4.78, 5) is 0.982. The van der Waals surface area contributed by atoms with E-state index in [-0.39, 0.29) is 5.25 Å². The van der Waals surface area contributed by atoms with Gasteiger partial charge in [0.25, 0.3) is 0 Å². The molecule has 1 aliphatic carbocycles. The molecule has 5 unspecified atom stereocenters. The molecule has 1 saturated carbocycles. The van der Waals surface area contributed by atoms with Gasteiger partial charge in [0.15, 0.2) is 0 Å². The summed E-state index contributed by atoms with van der Waals surface area (Å²) in [5.74, 6) is 1.23. The quantitative estimate of drug-likeness (QED) is 0.893. The molecule has 1 aromatic rings. The van der Waals surface area contributed by atoms with Crippen LogP contribution in [0.2, 0.25) is 0 Å². The van der Waals surface area contributed by atoms with Crippen molar-refractivity contribution in [1.82, 2.24) is 5.32 Å². The molecule has 0 aliphatic heterocycles. The summed E-state index contributed by atoms with van der Waals surface area (Å²) >= 11 is 0. The normalized spacial score (nSPS) is 31.0. The van der Waals surface area contributed by atoms with Crippen LogP contribution >= 0.6 is 0 Å². The zero-order valence-electron chi connectivity index (χ0n) is 13.8. The lowest BCUT2D eigenvalue weighted by molar-refractivity contribution is 0.246. The van der Waals surface area contributed by atoms with Gasteiger partial charge in [-0.05, 0) is 56.7 Å². The van der Waals surface area contributed by atoms with Crippen LogP contribution in [-0.2, 0) is 10.8 Å².